The number of anilines is 2. The van der Waals surface area contributed by atoms with Crippen LogP contribution in [0.3, 0.4) is 0 Å². The molecule has 2 heterocycles. The molecule has 1 saturated heterocycles. The molecule has 8 rings (SSSR count). The predicted octanol–water partition coefficient (Wildman–Crippen LogP) is 9.84. The number of benzene rings is 5. The molecular weight excluding hydrogens is 643 g/mol. The van der Waals surface area contributed by atoms with E-state index in [4.69, 9.17) is 14.2 Å². The van der Waals surface area contributed by atoms with Crippen molar-refractivity contribution in [2.45, 2.75) is 51.6 Å². The van der Waals surface area contributed by atoms with Crippen molar-refractivity contribution in [2.75, 3.05) is 56.3 Å². The molecule has 0 bridgehead atoms. The number of rotatable bonds is 9. The highest BCUT2D eigenvalue weighted by atomic mass is 16.5. The topological polar surface area (TPSA) is 58.0 Å². The highest BCUT2D eigenvalue weighted by Crippen LogP contribution is 2.59. The van der Waals surface area contributed by atoms with E-state index in [1.165, 1.54) is 16.8 Å². The van der Waals surface area contributed by atoms with Gasteiger partial charge in [-0.2, -0.15) is 5.26 Å². The van der Waals surface area contributed by atoms with E-state index in [1.807, 2.05) is 6.07 Å². The Balaban J connectivity index is 1.39. The molecule has 0 aromatic heterocycles. The van der Waals surface area contributed by atoms with Gasteiger partial charge in [0.15, 0.2) is 5.60 Å². The van der Waals surface area contributed by atoms with E-state index in [0.29, 0.717) is 18.8 Å². The van der Waals surface area contributed by atoms with Crippen LogP contribution in [0, 0.1) is 11.3 Å². The Kier molecular flexibility index (Phi) is 8.71. The lowest BCUT2D eigenvalue weighted by atomic mass is 9.76. The van der Waals surface area contributed by atoms with E-state index >= 15 is 0 Å². The van der Waals surface area contributed by atoms with Crippen molar-refractivity contribution in [3.05, 3.63) is 124 Å². The van der Waals surface area contributed by atoms with E-state index in [9.17, 15) is 5.26 Å². The summed E-state index contributed by atoms with van der Waals surface area (Å²) in [5.41, 5.74) is 9.67. The lowest BCUT2D eigenvalue weighted by Crippen LogP contribution is -2.36. The summed E-state index contributed by atoms with van der Waals surface area (Å²) < 4.78 is 19.5. The first-order valence-electron chi connectivity index (χ1n) is 18.7. The quantitative estimate of drug-likeness (QED) is 0.154. The zero-order valence-corrected chi connectivity index (χ0v) is 31.0. The molecule has 1 atom stereocenters. The maximum atomic E-state index is 9.92. The number of methoxy groups -OCH3 is 1. The van der Waals surface area contributed by atoms with Gasteiger partial charge in [-0.1, -0.05) is 82.3 Å². The number of ether oxygens (including phenoxy) is 3. The molecule has 3 aliphatic rings. The fraction of sp³-hybridized carbons (Fsp3) is 0.326. The Bertz CT molecular complexity index is 2210. The number of nitriles is 1. The average molecular weight is 690 g/mol. The van der Waals surface area contributed by atoms with Crippen LogP contribution >= 0.6 is 0 Å². The van der Waals surface area contributed by atoms with Crippen LogP contribution in [0.1, 0.15) is 73.9 Å². The third-order valence-electron chi connectivity index (χ3n) is 11.3. The maximum Gasteiger partial charge on any atom is 0.178 e. The SMILES string of the molecule is CCCN(CCC)c1ccc(C2(c3ccccc3)C=Cc3c4c(c5cc(N6CCOCC6)c(OC)cc5c3O2)-c2ccc(C#N)cc2C4(C)C)cc1. The zero-order chi connectivity index (χ0) is 36.0. The van der Waals surface area contributed by atoms with Crippen LogP contribution < -0.4 is 19.3 Å². The molecule has 1 aliphatic carbocycles. The van der Waals surface area contributed by atoms with Gasteiger partial charge in [-0.15, -0.1) is 0 Å². The van der Waals surface area contributed by atoms with Crippen molar-refractivity contribution in [3.8, 4) is 28.7 Å². The fourth-order valence-electron chi connectivity index (χ4n) is 8.78. The van der Waals surface area contributed by atoms with Crippen LogP contribution in [0.5, 0.6) is 11.5 Å². The van der Waals surface area contributed by atoms with Gasteiger partial charge in [0.1, 0.15) is 11.5 Å². The van der Waals surface area contributed by atoms with Crippen LogP contribution in [-0.4, -0.2) is 46.5 Å². The second-order valence-electron chi connectivity index (χ2n) is 14.7. The van der Waals surface area contributed by atoms with Crippen LogP contribution in [-0.2, 0) is 15.8 Å². The van der Waals surface area contributed by atoms with Gasteiger partial charge < -0.3 is 24.0 Å². The van der Waals surface area contributed by atoms with Crippen molar-refractivity contribution < 1.29 is 14.2 Å². The van der Waals surface area contributed by atoms with E-state index in [0.717, 1.165) is 94.8 Å². The summed E-state index contributed by atoms with van der Waals surface area (Å²) in [5, 5.41) is 12.0. The van der Waals surface area contributed by atoms with Gasteiger partial charge in [-0.25, -0.2) is 0 Å². The summed E-state index contributed by atoms with van der Waals surface area (Å²) in [7, 11) is 1.75. The standard InChI is InChI=1S/C46H47N3O3/c1-6-21-48(22-7-2)34-16-14-33(15-17-34)46(32-11-9-8-10-12-32)20-19-36-43-42(35-18-13-31(30-47)27-39(35)45(43,3)4)37-28-40(49-23-25-51-26-24-49)41(50-5)29-38(37)44(36)52-46/h8-20,27-29H,6-7,21-26H2,1-5H3. The summed E-state index contributed by atoms with van der Waals surface area (Å²) in [6, 6.07) is 32.6. The first-order chi connectivity index (χ1) is 25.3. The Morgan fingerprint density at radius 1 is 0.865 bits per heavy atom. The molecule has 264 valence electrons. The van der Waals surface area contributed by atoms with Crippen molar-refractivity contribution in [2.24, 2.45) is 0 Å². The zero-order valence-electron chi connectivity index (χ0n) is 31.0. The monoisotopic (exact) mass is 689 g/mol. The van der Waals surface area contributed by atoms with Gasteiger partial charge in [0.05, 0.1) is 37.6 Å². The van der Waals surface area contributed by atoms with Gasteiger partial charge in [0.25, 0.3) is 0 Å². The summed E-state index contributed by atoms with van der Waals surface area (Å²) in [5.74, 6) is 1.66. The molecule has 0 amide bonds. The van der Waals surface area contributed by atoms with Gasteiger partial charge in [0.2, 0.25) is 0 Å². The minimum absolute atomic E-state index is 0.376. The van der Waals surface area contributed by atoms with E-state index in [-0.39, 0.29) is 5.41 Å². The number of hydrogen-bond donors (Lipinski definition) is 0. The molecule has 6 nitrogen and oxygen atoms in total. The molecule has 1 unspecified atom stereocenters. The smallest absolute Gasteiger partial charge is 0.178 e. The Labute approximate surface area is 307 Å². The van der Waals surface area contributed by atoms with E-state index in [1.54, 1.807) is 7.11 Å². The number of fused-ring (bicyclic) bond motifs is 8. The Morgan fingerprint density at radius 2 is 1.58 bits per heavy atom. The van der Waals surface area contributed by atoms with Gasteiger partial charge in [-0.05, 0) is 83.0 Å². The summed E-state index contributed by atoms with van der Waals surface area (Å²) in [4.78, 5) is 4.84. The van der Waals surface area contributed by atoms with Gasteiger partial charge in [0, 0.05) is 59.4 Å². The fourth-order valence-corrected chi connectivity index (χ4v) is 8.78. The Morgan fingerprint density at radius 3 is 2.25 bits per heavy atom. The summed E-state index contributed by atoms with van der Waals surface area (Å²) in [6.07, 6.45) is 6.75. The predicted molar refractivity (Wildman–Crippen MR) is 212 cm³/mol. The molecule has 5 aromatic rings. The van der Waals surface area contributed by atoms with Crippen molar-refractivity contribution in [1.29, 1.82) is 5.26 Å². The lowest BCUT2D eigenvalue weighted by molar-refractivity contribution is 0.122. The molecule has 52 heavy (non-hydrogen) atoms. The third kappa shape index (κ3) is 5.33. The second kappa shape index (κ2) is 13.4. The maximum absolute atomic E-state index is 9.92. The van der Waals surface area contributed by atoms with Crippen molar-refractivity contribution in [1.82, 2.24) is 0 Å². The van der Waals surface area contributed by atoms with Gasteiger partial charge >= 0.3 is 0 Å². The highest BCUT2D eigenvalue weighted by molar-refractivity contribution is 6.10. The minimum Gasteiger partial charge on any atom is -0.495 e. The Hall–Kier alpha value is -5.25. The second-order valence-corrected chi connectivity index (χ2v) is 14.7. The van der Waals surface area contributed by atoms with Crippen molar-refractivity contribution >= 4 is 28.2 Å². The number of hydrogen-bond acceptors (Lipinski definition) is 6. The third-order valence-corrected chi connectivity index (χ3v) is 11.3. The first kappa shape index (κ1) is 33.9. The summed E-state index contributed by atoms with van der Waals surface area (Å²) >= 11 is 0. The number of nitrogens with zero attached hydrogens (tertiary/aromatic N) is 3. The molecule has 0 spiro atoms. The van der Waals surface area contributed by atoms with Crippen LogP contribution in [0.2, 0.25) is 0 Å². The lowest BCUT2D eigenvalue weighted by Gasteiger charge is -2.39. The molecule has 0 saturated carbocycles. The molecule has 0 radical (unpaired) electrons. The van der Waals surface area contributed by atoms with Crippen LogP contribution in [0.25, 0.3) is 28.0 Å². The van der Waals surface area contributed by atoms with Crippen LogP contribution in [0.4, 0.5) is 11.4 Å². The van der Waals surface area contributed by atoms with Crippen LogP contribution in [0.15, 0.2) is 91.0 Å². The average Bonchev–Trinajstić information content (AvgIpc) is 3.43. The van der Waals surface area contributed by atoms with E-state index in [2.05, 4.69) is 135 Å². The molecule has 1 fully saturated rings. The minimum atomic E-state index is -0.867. The normalized spacial score (nSPS) is 18.3. The molecule has 5 aromatic carbocycles. The van der Waals surface area contributed by atoms with Crippen molar-refractivity contribution in [3.63, 3.8) is 0 Å². The first-order valence-corrected chi connectivity index (χ1v) is 18.7. The number of morpholine rings is 1. The summed E-state index contributed by atoms with van der Waals surface area (Å²) in [6.45, 7) is 14.0. The molecule has 2 aliphatic heterocycles. The molecular formula is C46H47N3O3. The van der Waals surface area contributed by atoms with E-state index < -0.39 is 5.60 Å². The molecule has 6 heteroatoms. The van der Waals surface area contributed by atoms with Gasteiger partial charge in [-0.3, -0.25) is 0 Å². The molecule has 0 N–H and O–H groups in total. The highest BCUT2D eigenvalue weighted by Gasteiger charge is 2.44. The largest absolute Gasteiger partial charge is 0.495 e.